The number of fused-ring (bicyclic) bond motifs is 1. The molecule has 4 rings (SSSR count). The van der Waals surface area contributed by atoms with E-state index in [2.05, 4.69) is 20.3 Å². The van der Waals surface area contributed by atoms with Gasteiger partial charge in [-0.1, -0.05) is 41.4 Å². The molecule has 0 unspecified atom stereocenters. The minimum absolute atomic E-state index is 0.107. The van der Waals surface area contributed by atoms with Crippen molar-refractivity contribution in [3.63, 3.8) is 0 Å². The molecule has 200 valence electrons. The highest BCUT2D eigenvalue weighted by atomic mass is 35.5. The SMILES string of the molecule is NCCCCc1ccc(Cl)c(-c2cc3cn(-c4ccc(CNCCCN=C(N)N)cc4)c(=O)nc3[nH]2)c1Cl. The summed E-state index contributed by atoms with van der Waals surface area (Å²) in [5, 5.41) is 5.24. The molecule has 38 heavy (non-hydrogen) atoms. The number of nitrogens with one attached hydrogen (secondary N) is 2. The molecule has 9 nitrogen and oxygen atoms in total. The third-order valence-corrected chi connectivity index (χ3v) is 6.95. The number of aromatic amines is 1. The molecule has 0 saturated carbocycles. The van der Waals surface area contributed by atoms with Crippen LogP contribution in [0.3, 0.4) is 0 Å². The number of nitrogens with zero attached hydrogens (tertiary/aromatic N) is 3. The van der Waals surface area contributed by atoms with Gasteiger partial charge in [0.25, 0.3) is 0 Å². The predicted octanol–water partition coefficient (Wildman–Crippen LogP) is 3.72. The fourth-order valence-corrected chi connectivity index (χ4v) is 4.90. The van der Waals surface area contributed by atoms with E-state index in [1.165, 1.54) is 4.57 Å². The molecule has 0 spiro atoms. The molecule has 0 aliphatic rings. The van der Waals surface area contributed by atoms with Crippen LogP contribution in [0.4, 0.5) is 0 Å². The van der Waals surface area contributed by atoms with Crippen LogP contribution in [0.25, 0.3) is 28.0 Å². The molecule has 2 aromatic carbocycles. The van der Waals surface area contributed by atoms with E-state index in [1.54, 1.807) is 6.20 Å². The number of unbranched alkanes of at least 4 members (excludes halogenated alkanes) is 1. The molecule has 0 radical (unpaired) electrons. The molecule has 0 atom stereocenters. The van der Waals surface area contributed by atoms with E-state index >= 15 is 0 Å². The van der Waals surface area contributed by atoms with Crippen molar-refractivity contribution in [2.75, 3.05) is 19.6 Å². The van der Waals surface area contributed by atoms with Crippen molar-refractivity contribution in [3.05, 3.63) is 80.3 Å². The molecule has 2 heterocycles. The van der Waals surface area contributed by atoms with Gasteiger partial charge in [0.2, 0.25) is 0 Å². The minimum Gasteiger partial charge on any atom is -0.370 e. The van der Waals surface area contributed by atoms with Crippen LogP contribution in [0.15, 0.2) is 58.4 Å². The van der Waals surface area contributed by atoms with Gasteiger partial charge < -0.3 is 27.5 Å². The number of aliphatic imine (C=N–C) groups is 1. The Morgan fingerprint density at radius 1 is 1.08 bits per heavy atom. The van der Waals surface area contributed by atoms with E-state index in [4.69, 9.17) is 40.4 Å². The van der Waals surface area contributed by atoms with Gasteiger partial charge >= 0.3 is 5.69 Å². The van der Waals surface area contributed by atoms with Gasteiger partial charge in [0, 0.05) is 30.2 Å². The number of aromatic nitrogens is 3. The summed E-state index contributed by atoms with van der Waals surface area (Å²) < 4.78 is 1.53. The topological polar surface area (TPSA) is 153 Å². The second kappa shape index (κ2) is 12.9. The number of benzene rings is 2. The van der Waals surface area contributed by atoms with Crippen LogP contribution in [0.1, 0.15) is 30.4 Å². The molecule has 0 aliphatic heterocycles. The number of H-pyrrole nitrogens is 1. The standard InChI is InChI=1S/C27H32Cl2N8O/c28-21-10-7-18(4-1-2-11-30)24(29)23(21)22-14-19-16-37(27(38)36-25(19)35-22)20-8-5-17(6-9-20)15-33-12-3-13-34-26(31)32/h5-10,14,16,33H,1-4,11-13,15,30H2,(H4,31,32,34)(H,35,36,38). The number of halogens is 2. The smallest absolute Gasteiger partial charge is 0.354 e. The maximum atomic E-state index is 12.8. The van der Waals surface area contributed by atoms with Crippen LogP contribution in [-0.4, -0.2) is 40.1 Å². The van der Waals surface area contributed by atoms with Crippen molar-refractivity contribution in [2.45, 2.75) is 32.2 Å². The maximum absolute atomic E-state index is 12.8. The van der Waals surface area contributed by atoms with Crippen molar-refractivity contribution < 1.29 is 0 Å². The Hall–Kier alpha value is -3.37. The largest absolute Gasteiger partial charge is 0.370 e. The summed E-state index contributed by atoms with van der Waals surface area (Å²) in [4.78, 5) is 24.3. The third kappa shape index (κ3) is 6.73. The average molecular weight is 556 g/mol. The van der Waals surface area contributed by atoms with Gasteiger partial charge in [-0.2, -0.15) is 4.98 Å². The second-order valence-electron chi connectivity index (χ2n) is 9.03. The Kier molecular flexibility index (Phi) is 9.41. The lowest BCUT2D eigenvalue weighted by Crippen LogP contribution is -2.23. The van der Waals surface area contributed by atoms with Gasteiger partial charge in [0.05, 0.1) is 21.4 Å². The molecule has 0 amide bonds. The van der Waals surface area contributed by atoms with Crippen molar-refractivity contribution in [1.29, 1.82) is 0 Å². The van der Waals surface area contributed by atoms with Crippen LogP contribution in [0.5, 0.6) is 0 Å². The third-order valence-electron chi connectivity index (χ3n) is 6.20. The first kappa shape index (κ1) is 27.7. The molecule has 0 bridgehead atoms. The normalized spacial score (nSPS) is 11.2. The summed E-state index contributed by atoms with van der Waals surface area (Å²) in [6.07, 6.45) is 5.29. The molecule has 11 heteroatoms. The Morgan fingerprint density at radius 2 is 1.87 bits per heavy atom. The van der Waals surface area contributed by atoms with E-state index < -0.39 is 0 Å². The number of nitrogens with two attached hydrogens (primary N) is 3. The molecular weight excluding hydrogens is 523 g/mol. The summed E-state index contributed by atoms with van der Waals surface area (Å²) in [6, 6.07) is 13.5. The number of guanidine groups is 1. The zero-order valence-electron chi connectivity index (χ0n) is 21.0. The van der Waals surface area contributed by atoms with Gasteiger partial charge in [-0.05, 0) is 74.2 Å². The molecule has 8 N–H and O–H groups in total. The Morgan fingerprint density at radius 3 is 2.61 bits per heavy atom. The highest BCUT2D eigenvalue weighted by Crippen LogP contribution is 2.38. The molecule has 4 aromatic rings. The van der Waals surface area contributed by atoms with Crippen molar-refractivity contribution >= 4 is 40.2 Å². The molecule has 0 saturated heterocycles. The van der Waals surface area contributed by atoms with Crippen LogP contribution >= 0.6 is 23.2 Å². The maximum Gasteiger partial charge on any atom is 0.354 e. The Balaban J connectivity index is 1.52. The van der Waals surface area contributed by atoms with E-state index in [9.17, 15) is 4.79 Å². The number of hydrogen-bond donors (Lipinski definition) is 5. The van der Waals surface area contributed by atoms with Crippen LogP contribution in [0, 0.1) is 0 Å². The molecule has 0 aliphatic carbocycles. The van der Waals surface area contributed by atoms with Crippen LogP contribution < -0.4 is 28.2 Å². The zero-order valence-corrected chi connectivity index (χ0v) is 22.5. The summed E-state index contributed by atoms with van der Waals surface area (Å²) in [5.74, 6) is 0.107. The van der Waals surface area contributed by atoms with Gasteiger partial charge in [0.1, 0.15) is 5.65 Å². The van der Waals surface area contributed by atoms with Gasteiger partial charge in [0.15, 0.2) is 5.96 Å². The number of aryl methyl sites for hydroxylation is 1. The molecule has 2 aromatic heterocycles. The lowest BCUT2D eigenvalue weighted by molar-refractivity contribution is 0.655. The second-order valence-corrected chi connectivity index (χ2v) is 9.81. The molecular formula is C27H32Cl2N8O. The monoisotopic (exact) mass is 554 g/mol. The summed E-state index contributed by atoms with van der Waals surface area (Å²) in [5.41, 5.74) is 20.6. The van der Waals surface area contributed by atoms with Gasteiger partial charge in [-0.25, -0.2) is 4.79 Å². The molecule has 0 fully saturated rings. The van der Waals surface area contributed by atoms with Gasteiger partial charge in [-0.3, -0.25) is 9.56 Å². The fraction of sp³-hybridized carbons (Fsp3) is 0.296. The van der Waals surface area contributed by atoms with Crippen molar-refractivity contribution in [1.82, 2.24) is 19.9 Å². The minimum atomic E-state index is -0.385. The first-order valence-corrected chi connectivity index (χ1v) is 13.3. The number of hydrogen-bond acceptors (Lipinski definition) is 5. The summed E-state index contributed by atoms with van der Waals surface area (Å²) >= 11 is 13.3. The summed E-state index contributed by atoms with van der Waals surface area (Å²) in [6.45, 7) is 2.72. The van der Waals surface area contributed by atoms with Gasteiger partial charge in [-0.15, -0.1) is 0 Å². The highest BCUT2D eigenvalue weighted by Gasteiger charge is 2.16. The fourth-order valence-electron chi connectivity index (χ4n) is 4.23. The van der Waals surface area contributed by atoms with Crippen LogP contribution in [-0.2, 0) is 13.0 Å². The Bertz CT molecular complexity index is 1470. The lowest BCUT2D eigenvalue weighted by Gasteiger charge is -2.10. The van der Waals surface area contributed by atoms with E-state index in [1.807, 2.05) is 42.5 Å². The van der Waals surface area contributed by atoms with E-state index in [0.29, 0.717) is 46.6 Å². The quantitative estimate of drug-likeness (QED) is 0.102. The van der Waals surface area contributed by atoms with Crippen LogP contribution in [0.2, 0.25) is 10.0 Å². The zero-order chi connectivity index (χ0) is 27.1. The number of rotatable bonds is 12. The average Bonchev–Trinajstić information content (AvgIpc) is 3.29. The van der Waals surface area contributed by atoms with E-state index in [0.717, 1.165) is 54.4 Å². The highest BCUT2D eigenvalue weighted by molar-refractivity contribution is 6.39. The van der Waals surface area contributed by atoms with Crippen molar-refractivity contribution in [2.24, 2.45) is 22.2 Å². The van der Waals surface area contributed by atoms with Crippen molar-refractivity contribution in [3.8, 4) is 16.9 Å². The first-order valence-electron chi connectivity index (χ1n) is 12.5. The van der Waals surface area contributed by atoms with E-state index in [-0.39, 0.29) is 11.6 Å². The first-order chi connectivity index (χ1) is 18.4. The predicted molar refractivity (Wildman–Crippen MR) is 156 cm³/mol. The summed E-state index contributed by atoms with van der Waals surface area (Å²) in [7, 11) is 0. The Labute approximate surface area is 231 Å². The lowest BCUT2D eigenvalue weighted by atomic mass is 10.0.